The number of rotatable bonds is 6. The average Bonchev–Trinajstić information content (AvgIpc) is 3.07. The molecule has 0 unspecified atom stereocenters. The highest BCUT2D eigenvalue weighted by Crippen LogP contribution is 2.23. The Bertz CT molecular complexity index is 787. The number of nitrogens with zero attached hydrogens (tertiary/aromatic N) is 2. The molecule has 8 heteroatoms. The van der Waals surface area contributed by atoms with Crippen LogP contribution < -0.4 is 5.32 Å². The molecule has 2 amide bonds. The van der Waals surface area contributed by atoms with E-state index >= 15 is 0 Å². The Morgan fingerprint density at radius 2 is 1.70 bits per heavy atom. The van der Waals surface area contributed by atoms with Crippen molar-refractivity contribution in [2.75, 3.05) is 32.7 Å². The van der Waals surface area contributed by atoms with Crippen LogP contribution in [0, 0.1) is 0 Å². The van der Waals surface area contributed by atoms with Gasteiger partial charge >= 0.3 is 0 Å². The number of benzene rings is 1. The third-order valence-corrected chi connectivity index (χ3v) is 5.93. The normalized spacial score (nSPS) is 15.0. The van der Waals surface area contributed by atoms with Gasteiger partial charge in [0.15, 0.2) is 0 Å². The summed E-state index contributed by atoms with van der Waals surface area (Å²) in [5, 5.41) is 3.37. The predicted octanol–water partition coefficient (Wildman–Crippen LogP) is 3.52. The van der Waals surface area contributed by atoms with Gasteiger partial charge in [-0.15, -0.1) is 11.3 Å². The maximum atomic E-state index is 12.4. The molecule has 1 aliphatic heterocycles. The molecule has 0 spiro atoms. The summed E-state index contributed by atoms with van der Waals surface area (Å²) in [4.78, 5) is 29.8. The van der Waals surface area contributed by atoms with Gasteiger partial charge in [0.25, 0.3) is 5.91 Å². The van der Waals surface area contributed by atoms with E-state index < -0.39 is 0 Å². The molecule has 2 heterocycles. The van der Waals surface area contributed by atoms with Crippen molar-refractivity contribution in [3.05, 3.63) is 56.2 Å². The lowest BCUT2D eigenvalue weighted by molar-refractivity contribution is -0.132. The fourth-order valence-electron chi connectivity index (χ4n) is 2.96. The number of nitrogens with one attached hydrogen (secondary N) is 1. The first-order valence-electron chi connectivity index (χ1n) is 8.79. The number of piperazine rings is 1. The van der Waals surface area contributed by atoms with E-state index in [1.54, 1.807) is 35.6 Å². The number of carbonyl (C=O) groups excluding carboxylic acids is 2. The van der Waals surface area contributed by atoms with E-state index in [9.17, 15) is 9.59 Å². The van der Waals surface area contributed by atoms with Gasteiger partial charge in [-0.2, -0.15) is 0 Å². The molecule has 1 saturated heterocycles. The molecule has 27 heavy (non-hydrogen) atoms. The van der Waals surface area contributed by atoms with Crippen LogP contribution in [0.5, 0.6) is 0 Å². The van der Waals surface area contributed by atoms with E-state index in [-0.39, 0.29) is 11.8 Å². The molecular formula is C19H21Cl2N3O2S. The third kappa shape index (κ3) is 5.94. The Balaban J connectivity index is 1.36. The Kier molecular flexibility index (Phi) is 7.13. The summed E-state index contributed by atoms with van der Waals surface area (Å²) in [6.45, 7) is 4.31. The molecule has 0 radical (unpaired) electrons. The Morgan fingerprint density at radius 1 is 1.00 bits per heavy atom. The second-order valence-electron chi connectivity index (χ2n) is 6.38. The quantitative estimate of drug-likeness (QED) is 0.769. The summed E-state index contributed by atoms with van der Waals surface area (Å²) >= 11 is 13.4. The van der Waals surface area contributed by atoms with Gasteiger partial charge in [-0.25, -0.2) is 0 Å². The van der Waals surface area contributed by atoms with Crippen LogP contribution in [0.4, 0.5) is 0 Å². The van der Waals surface area contributed by atoms with E-state index in [1.807, 2.05) is 17.0 Å². The van der Waals surface area contributed by atoms with Gasteiger partial charge in [0.2, 0.25) is 5.91 Å². The molecule has 2 aromatic rings. The number of thiophene rings is 1. The summed E-state index contributed by atoms with van der Waals surface area (Å²) in [5.41, 5.74) is 0.536. The molecular weight excluding hydrogens is 405 g/mol. The summed E-state index contributed by atoms with van der Waals surface area (Å²) in [6, 6.07) is 10.6. The fraction of sp³-hybridized carbons (Fsp3) is 0.368. The minimum absolute atomic E-state index is 0.0743. The van der Waals surface area contributed by atoms with E-state index in [0.717, 1.165) is 24.0 Å². The number of carbonyl (C=O) groups is 2. The zero-order valence-electron chi connectivity index (χ0n) is 14.8. The zero-order valence-corrected chi connectivity index (χ0v) is 17.1. The second kappa shape index (κ2) is 9.55. The van der Waals surface area contributed by atoms with Gasteiger partial charge in [-0.3, -0.25) is 14.5 Å². The van der Waals surface area contributed by atoms with Crippen LogP contribution in [-0.2, 0) is 11.3 Å². The minimum atomic E-state index is -0.195. The smallest absolute Gasteiger partial charge is 0.251 e. The minimum Gasteiger partial charge on any atom is -0.352 e. The van der Waals surface area contributed by atoms with Gasteiger partial charge in [-0.1, -0.05) is 23.2 Å². The molecule has 1 aromatic heterocycles. The summed E-state index contributed by atoms with van der Waals surface area (Å²) in [6.07, 6.45) is 0.305. The SMILES string of the molecule is O=C(NCCC(=O)N1CCN(Cc2ccc(Cl)s2)CC1)c1ccc(Cl)cc1. The van der Waals surface area contributed by atoms with Crippen molar-refractivity contribution >= 4 is 46.4 Å². The summed E-state index contributed by atoms with van der Waals surface area (Å²) in [5.74, 6) is -0.121. The number of hydrogen-bond acceptors (Lipinski definition) is 4. The maximum absolute atomic E-state index is 12.4. The van der Waals surface area contributed by atoms with Crippen LogP contribution in [0.25, 0.3) is 0 Å². The Hall–Kier alpha value is -1.60. The molecule has 0 aliphatic carbocycles. The van der Waals surface area contributed by atoms with E-state index in [0.29, 0.717) is 36.6 Å². The summed E-state index contributed by atoms with van der Waals surface area (Å²) < 4.78 is 0.805. The topological polar surface area (TPSA) is 52.7 Å². The van der Waals surface area contributed by atoms with Gasteiger partial charge in [0.1, 0.15) is 0 Å². The van der Waals surface area contributed by atoms with Gasteiger partial charge in [-0.05, 0) is 36.4 Å². The lowest BCUT2D eigenvalue weighted by atomic mass is 10.2. The lowest BCUT2D eigenvalue weighted by Crippen LogP contribution is -2.48. The molecule has 5 nitrogen and oxygen atoms in total. The van der Waals surface area contributed by atoms with Gasteiger partial charge in [0, 0.05) is 61.2 Å². The molecule has 3 rings (SSSR count). The van der Waals surface area contributed by atoms with Crippen LogP contribution in [0.2, 0.25) is 9.36 Å². The Morgan fingerprint density at radius 3 is 2.33 bits per heavy atom. The first kappa shape index (κ1) is 20.1. The largest absolute Gasteiger partial charge is 0.352 e. The molecule has 0 saturated carbocycles. The lowest BCUT2D eigenvalue weighted by Gasteiger charge is -2.34. The van der Waals surface area contributed by atoms with Crippen molar-refractivity contribution in [1.29, 1.82) is 0 Å². The van der Waals surface area contributed by atoms with Crippen molar-refractivity contribution in [2.24, 2.45) is 0 Å². The summed E-state index contributed by atoms with van der Waals surface area (Å²) in [7, 11) is 0. The van der Waals surface area contributed by atoms with Crippen LogP contribution in [0.1, 0.15) is 21.7 Å². The monoisotopic (exact) mass is 425 g/mol. The van der Waals surface area contributed by atoms with Crippen LogP contribution >= 0.6 is 34.5 Å². The van der Waals surface area contributed by atoms with Crippen molar-refractivity contribution in [2.45, 2.75) is 13.0 Å². The van der Waals surface area contributed by atoms with Crippen molar-refractivity contribution < 1.29 is 9.59 Å². The number of amides is 2. The van der Waals surface area contributed by atoms with Crippen LogP contribution in [0.15, 0.2) is 36.4 Å². The zero-order chi connectivity index (χ0) is 19.2. The second-order valence-corrected chi connectivity index (χ2v) is 8.61. The van der Waals surface area contributed by atoms with Crippen molar-refractivity contribution in [1.82, 2.24) is 15.1 Å². The molecule has 1 aliphatic rings. The highest BCUT2D eigenvalue weighted by atomic mass is 35.5. The van der Waals surface area contributed by atoms with E-state index in [2.05, 4.69) is 10.2 Å². The third-order valence-electron chi connectivity index (χ3n) is 4.46. The fourth-order valence-corrected chi connectivity index (χ4v) is 4.21. The number of halogens is 2. The van der Waals surface area contributed by atoms with E-state index in [4.69, 9.17) is 23.2 Å². The molecule has 0 atom stereocenters. The first-order valence-corrected chi connectivity index (χ1v) is 10.4. The number of hydrogen-bond donors (Lipinski definition) is 1. The molecule has 144 valence electrons. The van der Waals surface area contributed by atoms with E-state index in [1.165, 1.54) is 4.88 Å². The Labute approximate surface area is 172 Å². The average molecular weight is 426 g/mol. The van der Waals surface area contributed by atoms with Crippen molar-refractivity contribution in [3.63, 3.8) is 0 Å². The highest BCUT2D eigenvalue weighted by molar-refractivity contribution is 7.16. The standard InChI is InChI=1S/C19H21Cl2N3O2S/c20-15-3-1-14(2-4-15)19(26)22-8-7-18(25)24-11-9-23(10-12-24)13-16-5-6-17(21)27-16/h1-6H,7-13H2,(H,22,26). The highest BCUT2D eigenvalue weighted by Gasteiger charge is 2.21. The predicted molar refractivity (Wildman–Crippen MR) is 110 cm³/mol. The van der Waals surface area contributed by atoms with Gasteiger partial charge in [0.05, 0.1) is 4.34 Å². The molecule has 0 bridgehead atoms. The first-order chi connectivity index (χ1) is 13.0. The molecule has 1 N–H and O–H groups in total. The van der Waals surface area contributed by atoms with Crippen molar-refractivity contribution in [3.8, 4) is 0 Å². The molecule has 1 aromatic carbocycles. The van der Waals surface area contributed by atoms with Crippen LogP contribution in [0.3, 0.4) is 0 Å². The molecule has 1 fully saturated rings. The van der Waals surface area contributed by atoms with Crippen LogP contribution in [-0.4, -0.2) is 54.3 Å². The maximum Gasteiger partial charge on any atom is 0.251 e. The van der Waals surface area contributed by atoms with Gasteiger partial charge < -0.3 is 10.2 Å².